The zero-order chi connectivity index (χ0) is 16.2. The highest BCUT2D eigenvalue weighted by atomic mass is 16.5. The Hall–Kier alpha value is -2.89. The molecule has 0 spiro atoms. The third-order valence-electron chi connectivity index (χ3n) is 3.60. The predicted molar refractivity (Wildman–Crippen MR) is 87.8 cm³/mol. The van der Waals surface area contributed by atoms with Crippen LogP contribution in [0.1, 0.15) is 5.56 Å². The van der Waals surface area contributed by atoms with Gasteiger partial charge in [-0.15, -0.1) is 0 Å². The van der Waals surface area contributed by atoms with Crippen molar-refractivity contribution in [1.29, 1.82) is 0 Å². The maximum Gasteiger partial charge on any atom is 0.323 e. The summed E-state index contributed by atoms with van der Waals surface area (Å²) in [5, 5.41) is 5.57. The Morgan fingerprint density at radius 3 is 2.74 bits per heavy atom. The summed E-state index contributed by atoms with van der Waals surface area (Å²) >= 11 is 0. The number of methoxy groups -OCH3 is 2. The van der Waals surface area contributed by atoms with E-state index in [0.29, 0.717) is 23.8 Å². The number of carbonyl (C=O) groups is 1. The largest absolute Gasteiger partial charge is 0.497 e. The lowest BCUT2D eigenvalue weighted by molar-refractivity contribution is 0.262. The molecule has 0 aliphatic carbocycles. The van der Waals surface area contributed by atoms with Crippen LogP contribution < -0.4 is 24.8 Å². The van der Waals surface area contributed by atoms with Crippen LogP contribution in [0.3, 0.4) is 0 Å². The molecule has 2 aromatic carbocycles. The van der Waals surface area contributed by atoms with Crippen LogP contribution in [0, 0.1) is 0 Å². The average molecular weight is 314 g/mol. The standard InChI is InChI=1S/C17H18N2O4/c1-21-13-4-5-14(16(10-13)22-2)19-17(20)18-12-3-6-15-11(9-12)7-8-23-15/h3-6,9-10H,7-8H2,1-2H3,(H2,18,19,20). The van der Waals surface area contributed by atoms with Crippen LogP contribution >= 0.6 is 0 Å². The fourth-order valence-corrected chi connectivity index (χ4v) is 2.45. The lowest BCUT2D eigenvalue weighted by Gasteiger charge is -2.12. The summed E-state index contributed by atoms with van der Waals surface area (Å²) in [6.07, 6.45) is 0.860. The Labute approximate surface area is 134 Å². The van der Waals surface area contributed by atoms with Gasteiger partial charge < -0.3 is 24.8 Å². The summed E-state index contributed by atoms with van der Waals surface area (Å²) < 4.78 is 15.8. The van der Waals surface area contributed by atoms with E-state index < -0.39 is 0 Å². The predicted octanol–water partition coefficient (Wildman–Crippen LogP) is 3.28. The molecule has 6 nitrogen and oxygen atoms in total. The molecule has 2 N–H and O–H groups in total. The van der Waals surface area contributed by atoms with Gasteiger partial charge in [-0.25, -0.2) is 4.79 Å². The first-order valence-electron chi connectivity index (χ1n) is 7.25. The number of amides is 2. The van der Waals surface area contributed by atoms with Gasteiger partial charge in [0.25, 0.3) is 0 Å². The van der Waals surface area contributed by atoms with Gasteiger partial charge in [-0.2, -0.15) is 0 Å². The molecule has 0 aromatic heterocycles. The molecule has 0 fully saturated rings. The van der Waals surface area contributed by atoms with Crippen molar-refractivity contribution in [2.75, 3.05) is 31.5 Å². The monoisotopic (exact) mass is 314 g/mol. The number of rotatable bonds is 4. The number of carbonyl (C=O) groups excluding carboxylic acids is 1. The van der Waals surface area contributed by atoms with E-state index >= 15 is 0 Å². The highest BCUT2D eigenvalue weighted by molar-refractivity contribution is 6.00. The minimum absolute atomic E-state index is 0.340. The third kappa shape index (κ3) is 3.31. The molecule has 2 aromatic rings. The molecular weight excluding hydrogens is 296 g/mol. The van der Waals surface area contributed by atoms with E-state index in [4.69, 9.17) is 14.2 Å². The van der Waals surface area contributed by atoms with E-state index in [1.807, 2.05) is 18.2 Å². The Bertz CT molecular complexity index is 731. The number of benzene rings is 2. The zero-order valence-corrected chi connectivity index (χ0v) is 13.0. The second-order valence-corrected chi connectivity index (χ2v) is 5.07. The number of urea groups is 1. The van der Waals surface area contributed by atoms with Gasteiger partial charge in [0.15, 0.2) is 0 Å². The first-order chi connectivity index (χ1) is 11.2. The highest BCUT2D eigenvalue weighted by Gasteiger charge is 2.14. The van der Waals surface area contributed by atoms with Crippen molar-refractivity contribution in [2.24, 2.45) is 0 Å². The van der Waals surface area contributed by atoms with E-state index in [9.17, 15) is 4.79 Å². The van der Waals surface area contributed by atoms with Gasteiger partial charge >= 0.3 is 6.03 Å². The smallest absolute Gasteiger partial charge is 0.323 e. The Morgan fingerprint density at radius 1 is 1.09 bits per heavy atom. The van der Waals surface area contributed by atoms with E-state index in [2.05, 4.69) is 10.6 Å². The normalized spacial score (nSPS) is 12.1. The summed E-state index contributed by atoms with van der Waals surface area (Å²) in [4.78, 5) is 12.2. The molecule has 23 heavy (non-hydrogen) atoms. The van der Waals surface area contributed by atoms with Gasteiger partial charge in [-0.05, 0) is 35.9 Å². The van der Waals surface area contributed by atoms with Crippen LogP contribution in [0.2, 0.25) is 0 Å². The first kappa shape index (κ1) is 15.0. The molecule has 0 saturated carbocycles. The van der Waals surface area contributed by atoms with E-state index in [-0.39, 0.29) is 6.03 Å². The molecular formula is C17H18N2O4. The number of anilines is 2. The highest BCUT2D eigenvalue weighted by Crippen LogP contribution is 2.30. The summed E-state index contributed by atoms with van der Waals surface area (Å²) in [7, 11) is 3.12. The average Bonchev–Trinajstić information content (AvgIpc) is 3.02. The topological polar surface area (TPSA) is 68.8 Å². The van der Waals surface area contributed by atoms with Crippen molar-refractivity contribution >= 4 is 17.4 Å². The van der Waals surface area contributed by atoms with Crippen LogP contribution in [-0.2, 0) is 6.42 Å². The van der Waals surface area contributed by atoms with Crippen LogP contribution in [0.4, 0.5) is 16.2 Å². The maximum absolute atomic E-state index is 12.2. The summed E-state index contributed by atoms with van der Waals surface area (Å²) in [5.41, 5.74) is 2.39. The van der Waals surface area contributed by atoms with E-state index in [1.54, 1.807) is 32.4 Å². The van der Waals surface area contributed by atoms with Gasteiger partial charge in [-0.3, -0.25) is 0 Å². The van der Waals surface area contributed by atoms with Crippen LogP contribution in [0.15, 0.2) is 36.4 Å². The van der Waals surface area contributed by atoms with Crippen molar-refractivity contribution in [3.05, 3.63) is 42.0 Å². The molecule has 0 bridgehead atoms. The number of hydrogen-bond donors (Lipinski definition) is 2. The third-order valence-corrected chi connectivity index (χ3v) is 3.60. The SMILES string of the molecule is COc1ccc(NC(=O)Nc2ccc3c(c2)CCO3)c(OC)c1. The molecule has 120 valence electrons. The van der Waals surface area contributed by atoms with Crippen molar-refractivity contribution in [1.82, 2.24) is 0 Å². The second-order valence-electron chi connectivity index (χ2n) is 5.07. The van der Waals surface area contributed by atoms with Gasteiger partial charge in [0.05, 0.1) is 26.5 Å². The molecule has 0 radical (unpaired) electrons. The van der Waals surface area contributed by atoms with Gasteiger partial charge in [0, 0.05) is 18.2 Å². The molecule has 1 aliphatic heterocycles. The van der Waals surface area contributed by atoms with Crippen molar-refractivity contribution in [2.45, 2.75) is 6.42 Å². The van der Waals surface area contributed by atoms with Crippen molar-refractivity contribution < 1.29 is 19.0 Å². The zero-order valence-electron chi connectivity index (χ0n) is 13.0. The van der Waals surface area contributed by atoms with Crippen LogP contribution in [0.5, 0.6) is 17.2 Å². The van der Waals surface area contributed by atoms with E-state index in [0.717, 1.165) is 23.4 Å². The molecule has 2 amide bonds. The molecule has 3 rings (SSSR count). The fourth-order valence-electron chi connectivity index (χ4n) is 2.45. The van der Waals surface area contributed by atoms with E-state index in [1.165, 1.54) is 0 Å². The van der Waals surface area contributed by atoms with Crippen molar-refractivity contribution in [3.63, 3.8) is 0 Å². The first-order valence-corrected chi connectivity index (χ1v) is 7.25. The Balaban J connectivity index is 1.70. The minimum Gasteiger partial charge on any atom is -0.497 e. The summed E-state index contributed by atoms with van der Waals surface area (Å²) in [6, 6.07) is 10.5. The number of nitrogens with one attached hydrogen (secondary N) is 2. The van der Waals surface area contributed by atoms with Gasteiger partial charge in [0.2, 0.25) is 0 Å². The van der Waals surface area contributed by atoms with Crippen molar-refractivity contribution in [3.8, 4) is 17.2 Å². The van der Waals surface area contributed by atoms with Gasteiger partial charge in [-0.1, -0.05) is 0 Å². The molecule has 0 unspecified atom stereocenters. The summed E-state index contributed by atoms with van der Waals surface area (Å²) in [6.45, 7) is 0.689. The quantitative estimate of drug-likeness (QED) is 0.908. The number of hydrogen-bond acceptors (Lipinski definition) is 4. The molecule has 0 atom stereocenters. The Morgan fingerprint density at radius 2 is 1.96 bits per heavy atom. The van der Waals surface area contributed by atoms with Crippen LogP contribution in [-0.4, -0.2) is 26.9 Å². The van der Waals surface area contributed by atoms with Crippen LogP contribution in [0.25, 0.3) is 0 Å². The number of fused-ring (bicyclic) bond motifs is 1. The Kier molecular flexibility index (Phi) is 4.23. The molecule has 6 heteroatoms. The fraction of sp³-hybridized carbons (Fsp3) is 0.235. The maximum atomic E-state index is 12.2. The van der Waals surface area contributed by atoms with Gasteiger partial charge in [0.1, 0.15) is 17.2 Å². The molecule has 1 aliphatic rings. The lowest BCUT2D eigenvalue weighted by Crippen LogP contribution is -2.19. The molecule has 0 saturated heterocycles. The minimum atomic E-state index is -0.340. The second kappa shape index (κ2) is 6.48. The lowest BCUT2D eigenvalue weighted by atomic mass is 10.1. The summed E-state index contributed by atoms with van der Waals surface area (Å²) in [5.74, 6) is 2.07. The molecule has 1 heterocycles. The number of ether oxygens (including phenoxy) is 3.